The average molecular weight is 277 g/mol. The van der Waals surface area contributed by atoms with Crippen LogP contribution in [0.25, 0.3) is 0 Å². The Morgan fingerprint density at radius 2 is 1.90 bits per heavy atom. The van der Waals surface area contributed by atoms with Gasteiger partial charge >= 0.3 is 0 Å². The molecule has 2 heteroatoms. The van der Waals surface area contributed by atoms with Crippen molar-refractivity contribution in [2.75, 3.05) is 13.2 Å². The fraction of sp³-hybridized carbons (Fsp3) is 0.667. The molecule has 114 valence electrons. The lowest BCUT2D eigenvalue weighted by Gasteiger charge is -2.16. The van der Waals surface area contributed by atoms with Crippen LogP contribution in [0.3, 0.4) is 0 Å². The van der Waals surface area contributed by atoms with Crippen molar-refractivity contribution in [3.8, 4) is 5.75 Å². The zero-order chi connectivity index (χ0) is 14.8. The largest absolute Gasteiger partial charge is 0.493 e. The highest BCUT2D eigenvalue weighted by molar-refractivity contribution is 5.37. The van der Waals surface area contributed by atoms with Crippen LogP contribution in [-0.4, -0.2) is 13.2 Å². The molecule has 0 heterocycles. The Morgan fingerprint density at radius 1 is 1.10 bits per heavy atom. The van der Waals surface area contributed by atoms with Gasteiger partial charge in [-0.1, -0.05) is 45.2 Å². The average Bonchev–Trinajstić information content (AvgIpc) is 2.46. The van der Waals surface area contributed by atoms with Crippen molar-refractivity contribution in [3.05, 3.63) is 29.3 Å². The molecule has 0 aliphatic heterocycles. The SMILES string of the molecule is CCCCCCOc1ccc(C(C)NCCC)cc1C. The van der Waals surface area contributed by atoms with Crippen LogP contribution in [0.1, 0.15) is 70.0 Å². The molecule has 0 radical (unpaired) electrons. The summed E-state index contributed by atoms with van der Waals surface area (Å²) in [6.45, 7) is 10.7. The van der Waals surface area contributed by atoms with Crippen LogP contribution >= 0.6 is 0 Å². The van der Waals surface area contributed by atoms with Gasteiger partial charge in [0.1, 0.15) is 5.75 Å². The third kappa shape index (κ3) is 5.96. The zero-order valence-electron chi connectivity index (χ0n) is 13.7. The number of hydrogen-bond acceptors (Lipinski definition) is 2. The molecule has 0 amide bonds. The Morgan fingerprint density at radius 3 is 2.55 bits per heavy atom. The second-order valence-corrected chi connectivity index (χ2v) is 5.61. The maximum atomic E-state index is 5.88. The summed E-state index contributed by atoms with van der Waals surface area (Å²) in [6, 6.07) is 6.96. The minimum atomic E-state index is 0.409. The van der Waals surface area contributed by atoms with E-state index in [4.69, 9.17) is 4.74 Å². The molecule has 1 rings (SSSR count). The first kappa shape index (κ1) is 17.0. The lowest BCUT2D eigenvalue weighted by atomic mass is 10.0. The van der Waals surface area contributed by atoms with Crippen molar-refractivity contribution < 1.29 is 4.74 Å². The van der Waals surface area contributed by atoms with Crippen LogP contribution in [0.4, 0.5) is 0 Å². The number of benzene rings is 1. The Labute approximate surface area is 124 Å². The minimum Gasteiger partial charge on any atom is -0.493 e. The van der Waals surface area contributed by atoms with Gasteiger partial charge in [0.15, 0.2) is 0 Å². The summed E-state index contributed by atoms with van der Waals surface area (Å²) in [5.41, 5.74) is 2.58. The highest BCUT2D eigenvalue weighted by Crippen LogP contribution is 2.23. The van der Waals surface area contributed by atoms with Crippen molar-refractivity contribution in [1.29, 1.82) is 0 Å². The maximum absolute atomic E-state index is 5.88. The summed E-state index contributed by atoms with van der Waals surface area (Å²) in [6.07, 6.45) is 6.18. The van der Waals surface area contributed by atoms with Crippen LogP contribution in [-0.2, 0) is 0 Å². The molecule has 0 aromatic heterocycles. The lowest BCUT2D eigenvalue weighted by molar-refractivity contribution is 0.303. The van der Waals surface area contributed by atoms with E-state index >= 15 is 0 Å². The molecule has 1 aromatic rings. The first-order valence-electron chi connectivity index (χ1n) is 8.15. The van der Waals surface area contributed by atoms with Gasteiger partial charge in [-0.25, -0.2) is 0 Å². The number of aryl methyl sites for hydroxylation is 1. The van der Waals surface area contributed by atoms with E-state index in [0.717, 1.165) is 25.3 Å². The first-order valence-corrected chi connectivity index (χ1v) is 8.15. The monoisotopic (exact) mass is 277 g/mol. The van der Waals surface area contributed by atoms with E-state index in [0.29, 0.717) is 6.04 Å². The highest BCUT2D eigenvalue weighted by atomic mass is 16.5. The maximum Gasteiger partial charge on any atom is 0.122 e. The fourth-order valence-electron chi connectivity index (χ4n) is 2.29. The summed E-state index contributed by atoms with van der Waals surface area (Å²) >= 11 is 0. The third-order valence-corrected chi connectivity index (χ3v) is 3.65. The van der Waals surface area contributed by atoms with Crippen LogP contribution in [0.5, 0.6) is 5.75 Å². The lowest BCUT2D eigenvalue weighted by Crippen LogP contribution is -2.19. The minimum absolute atomic E-state index is 0.409. The zero-order valence-corrected chi connectivity index (χ0v) is 13.7. The van der Waals surface area contributed by atoms with Crippen molar-refractivity contribution in [1.82, 2.24) is 5.32 Å². The number of nitrogens with one attached hydrogen (secondary N) is 1. The number of unbranched alkanes of at least 4 members (excludes halogenated alkanes) is 3. The van der Waals surface area contributed by atoms with Gasteiger partial charge in [0, 0.05) is 6.04 Å². The number of rotatable bonds is 10. The molecular formula is C18H31NO. The van der Waals surface area contributed by atoms with E-state index in [1.165, 1.54) is 36.8 Å². The van der Waals surface area contributed by atoms with Crippen molar-refractivity contribution in [2.45, 2.75) is 65.8 Å². The van der Waals surface area contributed by atoms with E-state index in [1.807, 2.05) is 0 Å². The Kier molecular flexibility index (Phi) is 8.36. The van der Waals surface area contributed by atoms with Gasteiger partial charge in [-0.2, -0.15) is 0 Å². The van der Waals surface area contributed by atoms with Gasteiger partial charge < -0.3 is 10.1 Å². The Bertz CT molecular complexity index is 376. The van der Waals surface area contributed by atoms with Crippen LogP contribution in [0.15, 0.2) is 18.2 Å². The van der Waals surface area contributed by atoms with Gasteiger partial charge in [-0.15, -0.1) is 0 Å². The molecule has 0 spiro atoms. The van der Waals surface area contributed by atoms with E-state index in [-0.39, 0.29) is 0 Å². The summed E-state index contributed by atoms with van der Waals surface area (Å²) in [5.74, 6) is 1.04. The third-order valence-electron chi connectivity index (χ3n) is 3.65. The molecule has 20 heavy (non-hydrogen) atoms. The van der Waals surface area contributed by atoms with Gasteiger partial charge in [-0.3, -0.25) is 0 Å². The van der Waals surface area contributed by atoms with Crippen LogP contribution < -0.4 is 10.1 Å². The van der Waals surface area contributed by atoms with Gasteiger partial charge in [-0.05, 0) is 50.4 Å². The van der Waals surface area contributed by atoms with Gasteiger partial charge in [0.05, 0.1) is 6.61 Å². The smallest absolute Gasteiger partial charge is 0.122 e. The van der Waals surface area contributed by atoms with E-state index in [9.17, 15) is 0 Å². The van der Waals surface area contributed by atoms with Gasteiger partial charge in [0.25, 0.3) is 0 Å². The molecule has 1 atom stereocenters. The Hall–Kier alpha value is -1.02. The first-order chi connectivity index (χ1) is 9.69. The Balaban J connectivity index is 2.46. The van der Waals surface area contributed by atoms with Crippen LogP contribution in [0.2, 0.25) is 0 Å². The second kappa shape index (κ2) is 9.82. The molecule has 0 bridgehead atoms. The van der Waals surface area contributed by atoms with E-state index < -0.39 is 0 Å². The van der Waals surface area contributed by atoms with Crippen molar-refractivity contribution in [3.63, 3.8) is 0 Å². The summed E-state index contributed by atoms with van der Waals surface area (Å²) < 4.78 is 5.88. The molecule has 0 aliphatic carbocycles. The highest BCUT2D eigenvalue weighted by Gasteiger charge is 2.07. The van der Waals surface area contributed by atoms with Crippen LogP contribution in [0, 0.1) is 6.92 Å². The number of ether oxygens (including phenoxy) is 1. The normalized spacial score (nSPS) is 12.4. The fourth-order valence-corrected chi connectivity index (χ4v) is 2.29. The standard InChI is InChI=1S/C18H31NO/c1-5-7-8-9-13-20-18-11-10-17(14-15(18)3)16(4)19-12-6-2/h10-11,14,16,19H,5-9,12-13H2,1-4H3. The molecule has 0 saturated heterocycles. The molecule has 1 aromatic carbocycles. The molecule has 1 unspecified atom stereocenters. The summed E-state index contributed by atoms with van der Waals surface area (Å²) in [7, 11) is 0. The molecule has 0 saturated carbocycles. The second-order valence-electron chi connectivity index (χ2n) is 5.61. The summed E-state index contributed by atoms with van der Waals surface area (Å²) in [5, 5.41) is 3.52. The summed E-state index contributed by atoms with van der Waals surface area (Å²) in [4.78, 5) is 0. The quantitative estimate of drug-likeness (QED) is 0.607. The van der Waals surface area contributed by atoms with E-state index in [2.05, 4.69) is 51.2 Å². The van der Waals surface area contributed by atoms with Crippen molar-refractivity contribution >= 4 is 0 Å². The predicted molar refractivity (Wildman–Crippen MR) is 87.5 cm³/mol. The molecule has 2 nitrogen and oxygen atoms in total. The topological polar surface area (TPSA) is 21.3 Å². The molecule has 0 aliphatic rings. The number of hydrogen-bond donors (Lipinski definition) is 1. The molecule has 1 N–H and O–H groups in total. The van der Waals surface area contributed by atoms with Gasteiger partial charge in [0.2, 0.25) is 0 Å². The predicted octanol–water partition coefficient (Wildman–Crippen LogP) is 5.01. The van der Waals surface area contributed by atoms with E-state index in [1.54, 1.807) is 0 Å². The molecule has 0 fully saturated rings. The molecular weight excluding hydrogens is 246 g/mol. The van der Waals surface area contributed by atoms with Crippen molar-refractivity contribution in [2.24, 2.45) is 0 Å².